The Morgan fingerprint density at radius 1 is 0.783 bits per heavy atom. The van der Waals surface area contributed by atoms with Crippen molar-refractivity contribution < 1.29 is 4.74 Å². The van der Waals surface area contributed by atoms with Crippen molar-refractivity contribution in [3.63, 3.8) is 0 Å². The first-order valence-electron chi connectivity index (χ1n) is 7.79. The SMILES string of the molecule is CC1(C)OC(c2ccccc2)=C(c2ccccc2)c2sccc21. The van der Waals surface area contributed by atoms with Crippen molar-refractivity contribution in [2.45, 2.75) is 19.4 Å². The maximum Gasteiger partial charge on any atom is 0.137 e. The van der Waals surface area contributed by atoms with E-state index in [0.29, 0.717) is 0 Å². The van der Waals surface area contributed by atoms with Gasteiger partial charge in [0.1, 0.15) is 11.4 Å². The quantitative estimate of drug-likeness (QED) is 0.569. The molecule has 0 atom stereocenters. The van der Waals surface area contributed by atoms with Gasteiger partial charge < -0.3 is 4.74 Å². The molecular weight excluding hydrogens is 300 g/mol. The Morgan fingerprint density at radius 2 is 1.39 bits per heavy atom. The van der Waals surface area contributed by atoms with E-state index in [1.807, 2.05) is 6.07 Å². The Labute approximate surface area is 140 Å². The molecule has 3 aromatic rings. The molecule has 1 aliphatic heterocycles. The molecule has 114 valence electrons. The standard InChI is InChI=1S/C21H18OS/c1-21(2)17-13-14-23-20(17)18(15-9-5-3-6-10-15)19(22-21)16-11-7-4-8-12-16/h3-14H,1-2H3. The Bertz CT molecular complexity index is 857. The maximum atomic E-state index is 6.50. The van der Waals surface area contributed by atoms with E-state index in [1.165, 1.54) is 21.6 Å². The van der Waals surface area contributed by atoms with Crippen LogP contribution < -0.4 is 0 Å². The molecule has 2 heteroatoms. The highest BCUT2D eigenvalue weighted by atomic mass is 32.1. The van der Waals surface area contributed by atoms with Gasteiger partial charge in [-0.1, -0.05) is 60.7 Å². The lowest BCUT2D eigenvalue weighted by Crippen LogP contribution is -2.25. The zero-order valence-electron chi connectivity index (χ0n) is 13.2. The minimum absolute atomic E-state index is 0.321. The Morgan fingerprint density at radius 3 is 2.04 bits per heavy atom. The van der Waals surface area contributed by atoms with Crippen molar-refractivity contribution in [3.8, 4) is 0 Å². The predicted octanol–water partition coefficient (Wildman–Crippen LogP) is 5.93. The van der Waals surface area contributed by atoms with Crippen molar-refractivity contribution in [3.05, 3.63) is 93.7 Å². The van der Waals surface area contributed by atoms with Crippen LogP contribution in [0.4, 0.5) is 0 Å². The highest BCUT2D eigenvalue weighted by molar-refractivity contribution is 7.11. The molecule has 0 aliphatic carbocycles. The van der Waals surface area contributed by atoms with Crippen LogP contribution in [-0.4, -0.2) is 0 Å². The molecule has 0 unspecified atom stereocenters. The fourth-order valence-corrected chi connectivity index (χ4v) is 4.21. The molecule has 4 rings (SSSR count). The van der Waals surface area contributed by atoms with E-state index in [1.54, 1.807) is 11.3 Å². The van der Waals surface area contributed by atoms with Gasteiger partial charge in [0.2, 0.25) is 0 Å². The molecule has 0 saturated carbocycles. The van der Waals surface area contributed by atoms with Gasteiger partial charge in [-0.25, -0.2) is 0 Å². The van der Waals surface area contributed by atoms with Crippen LogP contribution in [0.15, 0.2) is 72.1 Å². The second-order valence-electron chi connectivity index (χ2n) is 6.21. The first kappa shape index (κ1) is 14.3. The summed E-state index contributed by atoms with van der Waals surface area (Å²) in [4.78, 5) is 1.31. The molecule has 0 fully saturated rings. The average Bonchev–Trinajstić information content (AvgIpc) is 3.07. The third kappa shape index (κ3) is 2.40. The van der Waals surface area contributed by atoms with Gasteiger partial charge in [-0.3, -0.25) is 0 Å². The molecule has 1 nitrogen and oxygen atoms in total. The van der Waals surface area contributed by atoms with E-state index >= 15 is 0 Å². The van der Waals surface area contributed by atoms with Gasteiger partial charge in [0.05, 0.1) is 0 Å². The fourth-order valence-electron chi connectivity index (χ4n) is 3.10. The number of thiophene rings is 1. The number of hydrogen-bond acceptors (Lipinski definition) is 2. The van der Waals surface area contributed by atoms with E-state index < -0.39 is 0 Å². The van der Waals surface area contributed by atoms with Gasteiger partial charge >= 0.3 is 0 Å². The van der Waals surface area contributed by atoms with Crippen molar-refractivity contribution in [1.82, 2.24) is 0 Å². The second-order valence-corrected chi connectivity index (χ2v) is 7.13. The van der Waals surface area contributed by atoms with E-state index in [9.17, 15) is 0 Å². The highest BCUT2D eigenvalue weighted by Crippen LogP contribution is 2.48. The molecular formula is C21H18OS. The van der Waals surface area contributed by atoms with E-state index in [2.05, 4.69) is 79.9 Å². The number of benzene rings is 2. The van der Waals surface area contributed by atoms with Gasteiger partial charge in [0.25, 0.3) is 0 Å². The summed E-state index contributed by atoms with van der Waals surface area (Å²) in [6.07, 6.45) is 0. The normalized spacial score (nSPS) is 15.9. The van der Waals surface area contributed by atoms with Crippen LogP contribution in [-0.2, 0) is 10.3 Å². The molecule has 0 radical (unpaired) electrons. The Balaban J connectivity index is 2.03. The Kier molecular flexibility index (Phi) is 3.35. The molecule has 0 N–H and O–H groups in total. The monoisotopic (exact) mass is 318 g/mol. The largest absolute Gasteiger partial charge is 0.482 e. The summed E-state index contributed by atoms with van der Waals surface area (Å²) in [6.45, 7) is 4.28. The third-order valence-corrected chi connectivity index (χ3v) is 5.16. The van der Waals surface area contributed by atoms with Gasteiger partial charge in [-0.05, 0) is 30.9 Å². The lowest BCUT2D eigenvalue weighted by Gasteiger charge is -2.35. The summed E-state index contributed by atoms with van der Waals surface area (Å²) in [6, 6.07) is 23.1. The first-order chi connectivity index (χ1) is 11.2. The van der Waals surface area contributed by atoms with Crippen LogP contribution in [0.2, 0.25) is 0 Å². The molecule has 2 heterocycles. The zero-order valence-corrected chi connectivity index (χ0v) is 14.1. The zero-order chi connectivity index (χ0) is 15.9. The summed E-state index contributed by atoms with van der Waals surface area (Å²) in [5.74, 6) is 0.969. The number of fused-ring (bicyclic) bond motifs is 1. The van der Waals surface area contributed by atoms with Gasteiger partial charge in [-0.2, -0.15) is 0 Å². The fraction of sp³-hybridized carbons (Fsp3) is 0.143. The molecule has 0 spiro atoms. The van der Waals surface area contributed by atoms with Crippen LogP contribution in [0.3, 0.4) is 0 Å². The molecule has 0 saturated heterocycles. The molecule has 0 bridgehead atoms. The van der Waals surface area contributed by atoms with Gasteiger partial charge in [0, 0.05) is 21.6 Å². The lowest BCUT2D eigenvalue weighted by molar-refractivity contribution is 0.0728. The molecule has 23 heavy (non-hydrogen) atoms. The van der Waals surface area contributed by atoms with E-state index in [-0.39, 0.29) is 5.60 Å². The summed E-state index contributed by atoms with van der Waals surface area (Å²) in [7, 11) is 0. The van der Waals surface area contributed by atoms with Crippen LogP contribution in [0.25, 0.3) is 11.3 Å². The van der Waals surface area contributed by atoms with Crippen LogP contribution in [0.5, 0.6) is 0 Å². The lowest BCUT2D eigenvalue weighted by atomic mass is 9.88. The number of hydrogen-bond donors (Lipinski definition) is 0. The van der Waals surface area contributed by atoms with Gasteiger partial charge in [-0.15, -0.1) is 11.3 Å². The summed E-state index contributed by atoms with van der Waals surface area (Å²) < 4.78 is 6.50. The number of ether oxygens (including phenoxy) is 1. The molecule has 1 aromatic heterocycles. The van der Waals surface area contributed by atoms with Crippen LogP contribution >= 0.6 is 11.3 Å². The van der Waals surface area contributed by atoms with E-state index in [0.717, 1.165) is 11.3 Å². The second kappa shape index (κ2) is 5.39. The molecule has 0 amide bonds. The first-order valence-corrected chi connectivity index (χ1v) is 8.67. The van der Waals surface area contributed by atoms with Gasteiger partial charge in [0.15, 0.2) is 0 Å². The highest BCUT2D eigenvalue weighted by Gasteiger charge is 2.36. The third-order valence-electron chi connectivity index (χ3n) is 4.22. The molecule has 1 aliphatic rings. The van der Waals surface area contributed by atoms with Crippen molar-refractivity contribution >= 4 is 22.7 Å². The molecule has 2 aromatic carbocycles. The number of rotatable bonds is 2. The van der Waals surface area contributed by atoms with E-state index in [4.69, 9.17) is 4.74 Å². The average molecular weight is 318 g/mol. The van der Waals surface area contributed by atoms with Crippen molar-refractivity contribution in [2.24, 2.45) is 0 Å². The minimum atomic E-state index is -0.321. The van der Waals surface area contributed by atoms with Crippen molar-refractivity contribution in [1.29, 1.82) is 0 Å². The van der Waals surface area contributed by atoms with Crippen LogP contribution in [0, 0.1) is 0 Å². The summed E-state index contributed by atoms with van der Waals surface area (Å²) in [5, 5.41) is 2.16. The smallest absolute Gasteiger partial charge is 0.137 e. The Hall–Kier alpha value is -2.32. The maximum absolute atomic E-state index is 6.50. The summed E-state index contributed by atoms with van der Waals surface area (Å²) >= 11 is 1.79. The van der Waals surface area contributed by atoms with Crippen LogP contribution in [0.1, 0.15) is 35.4 Å². The summed E-state index contributed by atoms with van der Waals surface area (Å²) in [5.41, 5.74) is 4.46. The minimum Gasteiger partial charge on any atom is -0.482 e. The van der Waals surface area contributed by atoms with Crippen molar-refractivity contribution in [2.75, 3.05) is 0 Å². The topological polar surface area (TPSA) is 9.23 Å². The predicted molar refractivity (Wildman–Crippen MR) is 97.2 cm³/mol.